The van der Waals surface area contributed by atoms with E-state index in [1.54, 1.807) is 6.92 Å². The summed E-state index contributed by atoms with van der Waals surface area (Å²) < 4.78 is 21.2. The molecule has 1 fully saturated rings. The van der Waals surface area contributed by atoms with E-state index in [1.807, 2.05) is 0 Å². The van der Waals surface area contributed by atoms with Crippen LogP contribution in [-0.4, -0.2) is 59.9 Å². The van der Waals surface area contributed by atoms with Gasteiger partial charge in [-0.1, -0.05) is 0 Å². The van der Waals surface area contributed by atoms with E-state index in [4.69, 9.17) is 0 Å². The molecule has 1 rings (SSSR count). The van der Waals surface area contributed by atoms with Gasteiger partial charge in [-0.05, 0) is 24.9 Å². The summed E-state index contributed by atoms with van der Waals surface area (Å²) >= 11 is -2.79. The van der Waals surface area contributed by atoms with Gasteiger partial charge in [0.05, 0.1) is 4.75 Å². The van der Waals surface area contributed by atoms with Crippen molar-refractivity contribution >= 4 is 28.9 Å². The van der Waals surface area contributed by atoms with Gasteiger partial charge >= 0.3 is 5.97 Å². The first-order chi connectivity index (χ1) is 9.11. The molecule has 0 spiro atoms. The van der Waals surface area contributed by atoms with E-state index >= 15 is 0 Å². The maximum absolute atomic E-state index is 11.6. The van der Waals surface area contributed by atoms with Crippen LogP contribution in [0.25, 0.3) is 0 Å². The van der Waals surface area contributed by atoms with E-state index in [-0.39, 0.29) is 19.0 Å². The van der Waals surface area contributed by atoms with Crippen LogP contribution in [0.3, 0.4) is 0 Å². The molecule has 2 N–H and O–H groups in total. The van der Waals surface area contributed by atoms with Crippen molar-refractivity contribution in [2.24, 2.45) is 0 Å². The van der Waals surface area contributed by atoms with E-state index in [1.165, 1.54) is 13.8 Å². The zero-order valence-corrected chi connectivity index (χ0v) is 12.2. The van der Waals surface area contributed by atoms with Crippen LogP contribution in [0.4, 0.5) is 0 Å². The van der Waals surface area contributed by atoms with Gasteiger partial charge in [-0.15, -0.1) is 0 Å². The molecule has 2 amide bonds. The maximum atomic E-state index is 11.6. The van der Waals surface area contributed by atoms with Gasteiger partial charge in [0.25, 0.3) is 0 Å². The second kappa shape index (κ2) is 5.88. The molecule has 1 saturated heterocycles. The lowest BCUT2D eigenvalue weighted by molar-refractivity contribution is -0.162. The Kier molecular flexibility index (Phi) is 4.87. The maximum Gasteiger partial charge on any atom is 0.328 e. The van der Waals surface area contributed by atoms with Crippen molar-refractivity contribution in [1.29, 1.82) is 0 Å². The number of amides is 2. The van der Waals surface area contributed by atoms with Crippen LogP contribution in [0.5, 0.6) is 0 Å². The minimum absolute atomic E-state index is 0.186. The first kappa shape index (κ1) is 16.6. The minimum atomic E-state index is -2.79. The Morgan fingerprint density at radius 2 is 2.20 bits per heavy atom. The van der Waals surface area contributed by atoms with Crippen LogP contribution in [0.1, 0.15) is 27.2 Å². The Balaban J connectivity index is 3.12. The van der Waals surface area contributed by atoms with E-state index in [2.05, 4.69) is 5.32 Å². The van der Waals surface area contributed by atoms with Gasteiger partial charge in [-0.3, -0.25) is 13.8 Å². The zero-order valence-electron chi connectivity index (χ0n) is 11.4. The Labute approximate surface area is 118 Å². The summed E-state index contributed by atoms with van der Waals surface area (Å²) in [5.41, 5.74) is 0. The standard InChI is InChI=1S/C11H18N2O6S/c1-6-4-8(15)13(6)9(10(16)17)11(3,20(18)19)5-12-7(2)14/h6,9H,4-5H2,1-3H3,(H,12,14)(H,16,17)(H,18,19)/p-1/t6-,9+,11+/m1/s1. The summed E-state index contributed by atoms with van der Waals surface area (Å²) in [5, 5.41) is 11.6. The minimum Gasteiger partial charge on any atom is -0.772 e. The monoisotopic (exact) mass is 305 g/mol. The van der Waals surface area contributed by atoms with E-state index < -0.39 is 39.7 Å². The molecule has 114 valence electrons. The molecule has 0 radical (unpaired) electrons. The summed E-state index contributed by atoms with van der Waals surface area (Å²) in [5.74, 6) is -2.31. The molecule has 1 aliphatic rings. The lowest BCUT2D eigenvalue weighted by atomic mass is 9.91. The topological polar surface area (TPSA) is 127 Å². The number of rotatable bonds is 6. The first-order valence-corrected chi connectivity index (χ1v) is 7.06. The highest BCUT2D eigenvalue weighted by molar-refractivity contribution is 7.80. The molecule has 8 nitrogen and oxygen atoms in total. The fourth-order valence-corrected chi connectivity index (χ4v) is 2.80. The quantitative estimate of drug-likeness (QED) is 0.470. The third kappa shape index (κ3) is 2.98. The van der Waals surface area contributed by atoms with Crippen LogP contribution in [0.2, 0.25) is 0 Å². The normalized spacial score (nSPS) is 24.3. The summed E-state index contributed by atoms with van der Waals surface area (Å²) in [6.45, 7) is 3.65. The first-order valence-electron chi connectivity index (χ1n) is 5.99. The Morgan fingerprint density at radius 1 is 1.65 bits per heavy atom. The molecule has 0 bridgehead atoms. The average Bonchev–Trinajstić information content (AvgIpc) is 2.32. The molecule has 0 saturated carbocycles. The number of carboxylic acid groups (broad SMARTS) is 1. The number of β-lactam (4-membered cyclic amide) rings is 1. The van der Waals surface area contributed by atoms with Gasteiger partial charge in [-0.25, -0.2) is 4.79 Å². The van der Waals surface area contributed by atoms with E-state index in [9.17, 15) is 28.3 Å². The summed E-state index contributed by atoms with van der Waals surface area (Å²) in [7, 11) is 0. The zero-order chi connectivity index (χ0) is 15.7. The number of carbonyl (C=O) groups is 3. The number of carboxylic acids is 1. The van der Waals surface area contributed by atoms with Gasteiger partial charge in [0, 0.05) is 25.9 Å². The smallest absolute Gasteiger partial charge is 0.328 e. The predicted octanol–water partition coefficient (Wildman–Crippen LogP) is -1.17. The van der Waals surface area contributed by atoms with Gasteiger partial charge in [-0.2, -0.15) is 0 Å². The molecule has 1 aliphatic heterocycles. The number of nitrogens with one attached hydrogen (secondary N) is 1. The van der Waals surface area contributed by atoms with Crippen molar-refractivity contribution in [2.45, 2.75) is 44.0 Å². The lowest BCUT2D eigenvalue weighted by Crippen LogP contribution is -2.69. The van der Waals surface area contributed by atoms with Crippen molar-refractivity contribution in [1.82, 2.24) is 10.2 Å². The number of aliphatic carboxylic acids is 1. The molecular weight excluding hydrogens is 288 g/mol. The van der Waals surface area contributed by atoms with Gasteiger partial charge in [0.2, 0.25) is 11.8 Å². The van der Waals surface area contributed by atoms with Crippen molar-refractivity contribution in [3.63, 3.8) is 0 Å². The summed E-state index contributed by atoms with van der Waals surface area (Å²) in [6.07, 6.45) is 0.186. The molecule has 0 aromatic rings. The van der Waals surface area contributed by atoms with E-state index in [0.717, 1.165) is 4.90 Å². The fraction of sp³-hybridized carbons (Fsp3) is 0.727. The fourth-order valence-electron chi connectivity index (χ4n) is 2.21. The second-order valence-electron chi connectivity index (χ2n) is 5.05. The number of hydrogen-bond donors (Lipinski definition) is 2. The highest BCUT2D eigenvalue weighted by atomic mass is 32.2. The largest absolute Gasteiger partial charge is 0.772 e. The van der Waals surface area contributed by atoms with Gasteiger partial charge < -0.3 is 19.9 Å². The molecule has 1 unspecified atom stereocenters. The van der Waals surface area contributed by atoms with Crippen LogP contribution in [-0.2, 0) is 25.5 Å². The predicted molar refractivity (Wildman–Crippen MR) is 68.4 cm³/mol. The number of likely N-dealkylation sites (tertiary alicyclic amines) is 1. The molecule has 0 aliphatic carbocycles. The van der Waals surface area contributed by atoms with E-state index in [0.29, 0.717) is 0 Å². The van der Waals surface area contributed by atoms with Crippen molar-refractivity contribution < 1.29 is 28.3 Å². The number of carbonyl (C=O) groups excluding carboxylic acids is 2. The Morgan fingerprint density at radius 3 is 2.50 bits per heavy atom. The molecular formula is C11H17N2O6S-. The van der Waals surface area contributed by atoms with Gasteiger partial charge in [0.15, 0.2) is 0 Å². The molecule has 20 heavy (non-hydrogen) atoms. The summed E-state index contributed by atoms with van der Waals surface area (Å²) in [6, 6.07) is -1.88. The van der Waals surface area contributed by atoms with Crippen molar-refractivity contribution in [3.8, 4) is 0 Å². The summed E-state index contributed by atoms with van der Waals surface area (Å²) in [4.78, 5) is 35.0. The van der Waals surface area contributed by atoms with Crippen molar-refractivity contribution in [2.75, 3.05) is 6.54 Å². The van der Waals surface area contributed by atoms with Gasteiger partial charge in [0.1, 0.15) is 6.04 Å². The molecule has 0 aromatic heterocycles. The SMILES string of the molecule is CC(=O)NC[C@@](C)([C@H](C(=O)O)N1C(=O)C[C@H]1C)S(=O)[O-]. The highest BCUT2D eigenvalue weighted by Gasteiger charge is 2.51. The van der Waals surface area contributed by atoms with Crippen molar-refractivity contribution in [3.05, 3.63) is 0 Å². The second-order valence-corrected chi connectivity index (χ2v) is 6.45. The van der Waals surface area contributed by atoms with Crippen LogP contribution < -0.4 is 5.32 Å². The third-order valence-electron chi connectivity index (χ3n) is 3.39. The molecule has 0 aromatic carbocycles. The molecule has 4 atom stereocenters. The Bertz CT molecular complexity index is 468. The molecule has 9 heteroatoms. The number of hydrogen-bond acceptors (Lipinski definition) is 5. The third-order valence-corrected chi connectivity index (χ3v) is 4.52. The Hall–Kier alpha value is -1.48. The average molecular weight is 305 g/mol. The van der Waals surface area contributed by atoms with Crippen LogP contribution >= 0.6 is 0 Å². The lowest BCUT2D eigenvalue weighted by Gasteiger charge is -2.49. The molecule has 1 heterocycles. The number of nitrogens with zero attached hydrogens (tertiary/aromatic N) is 1. The highest BCUT2D eigenvalue weighted by Crippen LogP contribution is 2.30. The van der Waals surface area contributed by atoms with Crippen LogP contribution in [0, 0.1) is 0 Å². The van der Waals surface area contributed by atoms with Crippen LogP contribution in [0.15, 0.2) is 0 Å².